The molecule has 1 unspecified atom stereocenters. The molecule has 0 saturated carbocycles. The number of aryl methyl sites for hydroxylation is 1. The molecule has 1 aromatic heterocycles. The SMILES string of the molecule is C#CC(CC)Nc1cnn(CC)c(=O)c1Cl. The minimum atomic E-state index is -0.305. The van der Waals surface area contributed by atoms with Crippen LogP contribution in [0.25, 0.3) is 0 Å². The number of aromatic nitrogens is 2. The molecule has 1 heterocycles. The van der Waals surface area contributed by atoms with Crippen LogP contribution in [0.1, 0.15) is 20.3 Å². The molecular formula is C11H14ClN3O. The number of nitrogens with zero attached hydrogens (tertiary/aromatic N) is 2. The largest absolute Gasteiger partial charge is 0.369 e. The van der Waals surface area contributed by atoms with E-state index in [-0.39, 0.29) is 16.6 Å². The second kappa shape index (κ2) is 5.57. The van der Waals surface area contributed by atoms with Gasteiger partial charge in [-0.2, -0.15) is 5.10 Å². The van der Waals surface area contributed by atoms with Crippen LogP contribution in [-0.2, 0) is 6.54 Å². The van der Waals surface area contributed by atoms with Gasteiger partial charge in [-0.15, -0.1) is 6.42 Å². The molecule has 16 heavy (non-hydrogen) atoms. The summed E-state index contributed by atoms with van der Waals surface area (Å²) in [5.41, 5.74) is 0.183. The third-order valence-electron chi connectivity index (χ3n) is 2.22. The summed E-state index contributed by atoms with van der Waals surface area (Å²) in [6, 6.07) is -0.142. The van der Waals surface area contributed by atoms with Crippen LogP contribution < -0.4 is 10.9 Å². The first-order valence-electron chi connectivity index (χ1n) is 5.12. The van der Waals surface area contributed by atoms with Gasteiger partial charge in [0.15, 0.2) is 0 Å². The lowest BCUT2D eigenvalue weighted by molar-refractivity contribution is 0.616. The molecule has 0 saturated heterocycles. The van der Waals surface area contributed by atoms with Gasteiger partial charge in [0.2, 0.25) is 0 Å². The summed E-state index contributed by atoms with van der Waals surface area (Å²) in [5.74, 6) is 2.57. The zero-order chi connectivity index (χ0) is 12.1. The van der Waals surface area contributed by atoms with E-state index < -0.39 is 0 Å². The van der Waals surface area contributed by atoms with E-state index in [1.54, 1.807) is 0 Å². The predicted octanol–water partition coefficient (Wildman–Crippen LogP) is 1.74. The zero-order valence-electron chi connectivity index (χ0n) is 9.33. The van der Waals surface area contributed by atoms with Crippen LogP contribution in [0.5, 0.6) is 0 Å². The zero-order valence-corrected chi connectivity index (χ0v) is 10.1. The quantitative estimate of drug-likeness (QED) is 0.815. The van der Waals surface area contributed by atoms with Crippen LogP contribution in [0, 0.1) is 12.3 Å². The van der Waals surface area contributed by atoms with E-state index in [1.807, 2.05) is 13.8 Å². The molecule has 0 aliphatic heterocycles. The molecule has 0 fully saturated rings. The number of nitrogens with one attached hydrogen (secondary N) is 1. The highest BCUT2D eigenvalue weighted by molar-refractivity contribution is 6.32. The Morgan fingerprint density at radius 3 is 2.88 bits per heavy atom. The number of terminal acetylenes is 1. The smallest absolute Gasteiger partial charge is 0.287 e. The maximum Gasteiger partial charge on any atom is 0.287 e. The maximum atomic E-state index is 11.7. The molecule has 0 radical (unpaired) electrons. The van der Waals surface area contributed by atoms with Crippen LogP contribution >= 0.6 is 11.6 Å². The fraction of sp³-hybridized carbons (Fsp3) is 0.455. The lowest BCUT2D eigenvalue weighted by atomic mass is 10.2. The number of hydrogen-bond acceptors (Lipinski definition) is 3. The molecule has 0 aromatic carbocycles. The van der Waals surface area contributed by atoms with Crippen molar-refractivity contribution in [3.63, 3.8) is 0 Å². The number of halogens is 1. The Bertz CT molecular complexity index is 461. The van der Waals surface area contributed by atoms with Crippen molar-refractivity contribution in [2.24, 2.45) is 0 Å². The van der Waals surface area contributed by atoms with Crippen molar-refractivity contribution >= 4 is 17.3 Å². The van der Waals surface area contributed by atoms with Gasteiger partial charge in [0.1, 0.15) is 5.02 Å². The molecule has 1 rings (SSSR count). The van der Waals surface area contributed by atoms with Gasteiger partial charge in [0.25, 0.3) is 5.56 Å². The van der Waals surface area contributed by atoms with Crippen molar-refractivity contribution < 1.29 is 0 Å². The van der Waals surface area contributed by atoms with Gasteiger partial charge in [0.05, 0.1) is 17.9 Å². The van der Waals surface area contributed by atoms with E-state index >= 15 is 0 Å². The Morgan fingerprint density at radius 2 is 2.38 bits per heavy atom. The Balaban J connectivity index is 3.04. The van der Waals surface area contributed by atoms with Crippen molar-refractivity contribution in [3.8, 4) is 12.3 Å². The summed E-state index contributed by atoms with van der Waals surface area (Å²) < 4.78 is 1.30. The average Bonchev–Trinajstić information content (AvgIpc) is 2.31. The molecule has 1 N–H and O–H groups in total. The Morgan fingerprint density at radius 1 is 1.69 bits per heavy atom. The first-order valence-corrected chi connectivity index (χ1v) is 5.50. The molecule has 1 atom stereocenters. The lowest BCUT2D eigenvalue weighted by Crippen LogP contribution is -2.25. The van der Waals surface area contributed by atoms with Crippen LogP contribution in [0.2, 0.25) is 5.02 Å². The molecule has 5 heteroatoms. The summed E-state index contributed by atoms with van der Waals surface area (Å²) in [5, 5.41) is 7.09. The van der Waals surface area contributed by atoms with Crippen molar-refractivity contribution in [1.82, 2.24) is 9.78 Å². The van der Waals surface area contributed by atoms with E-state index in [4.69, 9.17) is 18.0 Å². The van der Waals surface area contributed by atoms with E-state index in [0.29, 0.717) is 12.2 Å². The summed E-state index contributed by atoms with van der Waals surface area (Å²) in [4.78, 5) is 11.7. The summed E-state index contributed by atoms with van der Waals surface area (Å²) >= 11 is 5.93. The number of anilines is 1. The van der Waals surface area contributed by atoms with E-state index in [9.17, 15) is 4.79 Å². The van der Waals surface area contributed by atoms with Crippen LogP contribution in [0.3, 0.4) is 0 Å². The molecule has 0 bridgehead atoms. The highest BCUT2D eigenvalue weighted by Crippen LogP contribution is 2.16. The minimum absolute atomic E-state index is 0.130. The third-order valence-corrected chi connectivity index (χ3v) is 2.59. The van der Waals surface area contributed by atoms with Crippen LogP contribution in [0.4, 0.5) is 5.69 Å². The van der Waals surface area contributed by atoms with Gasteiger partial charge in [-0.05, 0) is 13.3 Å². The minimum Gasteiger partial charge on any atom is -0.369 e. The first kappa shape index (κ1) is 12.6. The number of hydrogen-bond donors (Lipinski definition) is 1. The highest BCUT2D eigenvalue weighted by atomic mass is 35.5. The Labute approximate surface area is 99.6 Å². The summed E-state index contributed by atoms with van der Waals surface area (Å²) in [6.07, 6.45) is 7.59. The van der Waals surface area contributed by atoms with Gasteiger partial charge in [-0.1, -0.05) is 24.4 Å². The topological polar surface area (TPSA) is 46.9 Å². The van der Waals surface area contributed by atoms with E-state index in [2.05, 4.69) is 16.3 Å². The van der Waals surface area contributed by atoms with Crippen LogP contribution in [0.15, 0.2) is 11.0 Å². The average molecular weight is 240 g/mol. The first-order chi connectivity index (χ1) is 7.63. The van der Waals surface area contributed by atoms with Crippen molar-refractivity contribution in [3.05, 3.63) is 21.6 Å². The monoisotopic (exact) mass is 239 g/mol. The fourth-order valence-corrected chi connectivity index (χ4v) is 1.44. The second-order valence-electron chi connectivity index (χ2n) is 3.26. The van der Waals surface area contributed by atoms with Crippen LogP contribution in [-0.4, -0.2) is 15.8 Å². The van der Waals surface area contributed by atoms with Gasteiger partial charge in [0, 0.05) is 6.54 Å². The van der Waals surface area contributed by atoms with E-state index in [1.165, 1.54) is 10.9 Å². The summed E-state index contributed by atoms with van der Waals surface area (Å²) in [7, 11) is 0. The molecule has 0 spiro atoms. The van der Waals surface area contributed by atoms with Crippen molar-refractivity contribution in [2.45, 2.75) is 32.9 Å². The van der Waals surface area contributed by atoms with Crippen molar-refractivity contribution in [2.75, 3.05) is 5.32 Å². The lowest BCUT2D eigenvalue weighted by Gasteiger charge is -2.13. The maximum absolute atomic E-state index is 11.7. The predicted molar refractivity (Wildman–Crippen MR) is 65.7 cm³/mol. The molecule has 0 aliphatic rings. The molecule has 0 amide bonds. The molecule has 4 nitrogen and oxygen atoms in total. The Hall–Kier alpha value is -1.47. The van der Waals surface area contributed by atoms with Gasteiger partial charge in [-0.25, -0.2) is 4.68 Å². The molecule has 1 aromatic rings. The van der Waals surface area contributed by atoms with Crippen molar-refractivity contribution in [1.29, 1.82) is 0 Å². The normalized spacial score (nSPS) is 11.9. The summed E-state index contributed by atoms with van der Waals surface area (Å²) in [6.45, 7) is 4.27. The molecular weight excluding hydrogens is 226 g/mol. The second-order valence-corrected chi connectivity index (χ2v) is 3.64. The van der Waals surface area contributed by atoms with Gasteiger partial charge < -0.3 is 5.32 Å². The standard InChI is InChI=1S/C11H14ClN3O/c1-4-8(5-2)14-9-7-13-15(6-3)11(16)10(9)12/h1,7-8,14H,5-6H2,2-3H3. The Kier molecular flexibility index (Phi) is 4.39. The highest BCUT2D eigenvalue weighted by Gasteiger charge is 2.10. The third kappa shape index (κ3) is 2.56. The van der Waals surface area contributed by atoms with Gasteiger partial charge >= 0.3 is 0 Å². The van der Waals surface area contributed by atoms with Gasteiger partial charge in [-0.3, -0.25) is 4.79 Å². The fourth-order valence-electron chi connectivity index (χ4n) is 1.24. The molecule has 86 valence electrons. The van der Waals surface area contributed by atoms with E-state index in [0.717, 1.165) is 6.42 Å². The molecule has 0 aliphatic carbocycles. The number of rotatable bonds is 4.